The van der Waals surface area contributed by atoms with Crippen LogP contribution in [0.5, 0.6) is 0 Å². The van der Waals surface area contributed by atoms with Crippen LogP contribution in [0.25, 0.3) is 6.08 Å². The molecule has 1 aromatic heterocycles. The van der Waals surface area contributed by atoms with Crippen molar-refractivity contribution in [2.45, 2.75) is 26.6 Å². The highest BCUT2D eigenvalue weighted by atomic mass is 15.2. The Morgan fingerprint density at radius 1 is 1.24 bits per heavy atom. The summed E-state index contributed by atoms with van der Waals surface area (Å²) < 4.78 is 10.4. The average molecular weight is 278 g/mol. The Hall–Kier alpha value is -2.03. The molecule has 0 atom stereocenters. The van der Waals surface area contributed by atoms with Crippen LogP contribution in [0.4, 0.5) is 5.82 Å². The first-order valence-electron chi connectivity index (χ1n) is 7.93. The average Bonchev–Trinajstić information content (AvgIpc) is 2.48. The van der Waals surface area contributed by atoms with E-state index in [1.165, 1.54) is 11.0 Å². The predicted molar refractivity (Wildman–Crippen MR) is 90.9 cm³/mol. The molecule has 0 fully saturated rings. The molecule has 2 heterocycles. The first-order chi connectivity index (χ1) is 10.4. The number of pyridine rings is 1. The number of anilines is 1. The number of nitrogens with zero attached hydrogens (tertiary/aromatic N) is 2. The summed E-state index contributed by atoms with van der Waals surface area (Å²) in [5, 5.41) is 0. The van der Waals surface area contributed by atoms with E-state index in [0.29, 0.717) is 0 Å². The van der Waals surface area contributed by atoms with Gasteiger partial charge in [0.05, 0.1) is 19.4 Å². The second kappa shape index (κ2) is 5.40. The third kappa shape index (κ3) is 2.48. The monoisotopic (exact) mass is 278 g/mol. The topological polar surface area (TPSA) is 7.12 Å². The number of aromatic nitrogens is 1. The van der Waals surface area contributed by atoms with E-state index in [-0.39, 0.29) is 6.85 Å². The maximum atomic E-state index is 8.28. The molecular weight excluding hydrogens is 255 g/mol. The molecule has 0 aliphatic carbocycles. The van der Waals surface area contributed by atoms with Gasteiger partial charge in [-0.05, 0) is 41.4 Å². The molecule has 2 nitrogen and oxygen atoms in total. The zero-order chi connectivity index (χ0) is 15.9. The quantitative estimate of drug-likeness (QED) is 0.605. The fourth-order valence-electron chi connectivity index (χ4n) is 2.88. The molecule has 3 rings (SSSR count). The number of hydrogen-bond acceptors (Lipinski definition) is 1. The summed E-state index contributed by atoms with van der Waals surface area (Å²) in [6, 6.07) is 12.7. The van der Waals surface area contributed by atoms with E-state index in [2.05, 4.69) is 65.9 Å². The van der Waals surface area contributed by atoms with Crippen LogP contribution in [0, 0.1) is 0 Å². The second-order valence-electron chi connectivity index (χ2n) is 5.91. The molecule has 21 heavy (non-hydrogen) atoms. The Balaban J connectivity index is 2.06. The first-order valence-corrected chi connectivity index (χ1v) is 7.43. The Bertz CT molecular complexity index is 734. The molecule has 106 valence electrons. The summed E-state index contributed by atoms with van der Waals surface area (Å²) >= 11 is 0. The van der Waals surface area contributed by atoms with E-state index in [0.717, 1.165) is 11.4 Å². The Labute approximate surface area is 129 Å². The minimum absolute atomic E-state index is 0.275. The summed E-state index contributed by atoms with van der Waals surface area (Å²) in [6.45, 7) is 6.35. The molecule has 0 spiro atoms. The predicted octanol–water partition coefficient (Wildman–Crippen LogP) is 2.95. The Morgan fingerprint density at radius 2 is 2.00 bits per heavy atom. The fourth-order valence-corrected chi connectivity index (χ4v) is 2.88. The third-order valence-electron chi connectivity index (χ3n) is 4.24. The molecule has 1 aliphatic heterocycles. The zero-order valence-corrected chi connectivity index (χ0v) is 13.2. The molecule has 0 radical (unpaired) electrons. The number of benzene rings is 1. The molecule has 2 aromatic rings. The molecule has 0 unspecified atom stereocenters. The molecule has 0 bridgehead atoms. The van der Waals surface area contributed by atoms with Crippen LogP contribution >= 0.6 is 0 Å². The van der Waals surface area contributed by atoms with Gasteiger partial charge in [-0.1, -0.05) is 38.1 Å². The van der Waals surface area contributed by atoms with Crippen LogP contribution in [0.15, 0.2) is 48.8 Å². The lowest BCUT2D eigenvalue weighted by Crippen LogP contribution is -2.51. The van der Waals surface area contributed by atoms with E-state index < -0.39 is 5.89 Å². The van der Waals surface area contributed by atoms with Crippen LogP contribution < -0.4 is 14.8 Å². The van der Waals surface area contributed by atoms with Gasteiger partial charge in [-0.3, -0.25) is 4.81 Å². The number of aryl methyl sites for hydroxylation is 1. The van der Waals surface area contributed by atoms with Gasteiger partial charge in [0.25, 0.3) is 5.82 Å². The van der Waals surface area contributed by atoms with Crippen LogP contribution in [0.3, 0.4) is 0 Å². The highest BCUT2D eigenvalue weighted by Crippen LogP contribution is 2.21. The molecule has 1 aromatic carbocycles. The molecular formula is C18H22BN2+. The number of hydrogen-bond donors (Lipinski definition) is 0. The largest absolute Gasteiger partial charge is 0.409 e. The van der Waals surface area contributed by atoms with Gasteiger partial charge in [-0.2, -0.15) is 0 Å². The van der Waals surface area contributed by atoms with Crippen molar-refractivity contribution in [1.82, 2.24) is 0 Å². The van der Waals surface area contributed by atoms with Gasteiger partial charge < -0.3 is 0 Å². The first kappa shape index (κ1) is 12.7. The minimum Gasteiger partial charge on any atom is -0.293 e. The van der Waals surface area contributed by atoms with Crippen molar-refractivity contribution >= 4 is 24.2 Å². The highest BCUT2D eigenvalue weighted by Gasteiger charge is 2.33. The molecule has 1 aliphatic rings. The molecule has 0 saturated heterocycles. The summed E-state index contributed by atoms with van der Waals surface area (Å²) in [5.74, 6) is 0.514. The van der Waals surface area contributed by atoms with E-state index in [1.807, 2.05) is 26.1 Å². The van der Waals surface area contributed by atoms with E-state index in [9.17, 15) is 0 Å². The summed E-state index contributed by atoms with van der Waals surface area (Å²) in [7, 11) is 2.05. The fraction of sp³-hybridized carbons (Fsp3) is 0.278. The van der Waals surface area contributed by atoms with Gasteiger partial charge in [0.2, 0.25) is 0 Å². The third-order valence-corrected chi connectivity index (χ3v) is 4.24. The number of rotatable bonds is 2. The van der Waals surface area contributed by atoms with Crippen molar-refractivity contribution < 1.29 is 5.94 Å². The van der Waals surface area contributed by atoms with Gasteiger partial charge in [0, 0.05) is 7.44 Å². The second-order valence-corrected chi connectivity index (χ2v) is 5.91. The highest BCUT2D eigenvalue weighted by molar-refractivity contribution is 6.77. The van der Waals surface area contributed by atoms with Gasteiger partial charge in [-0.15, -0.1) is 0 Å². The molecule has 0 saturated carbocycles. The van der Waals surface area contributed by atoms with Crippen LogP contribution in [-0.2, 0) is 7.05 Å². The number of fused-ring (bicyclic) bond motifs is 1. The maximum absolute atomic E-state index is 8.28. The van der Waals surface area contributed by atoms with Crippen LogP contribution in [0.2, 0.25) is 6.82 Å². The van der Waals surface area contributed by atoms with Crippen LogP contribution in [-0.4, -0.2) is 6.85 Å². The normalized spacial score (nSPS) is 15.0. The summed E-state index contributed by atoms with van der Waals surface area (Å²) in [5.41, 5.74) is 3.64. The summed E-state index contributed by atoms with van der Waals surface area (Å²) in [6.07, 6.45) is 6.35. The van der Waals surface area contributed by atoms with Crippen molar-refractivity contribution in [2.75, 3.05) is 4.81 Å². The van der Waals surface area contributed by atoms with E-state index in [4.69, 9.17) is 1.37 Å². The van der Waals surface area contributed by atoms with Crippen molar-refractivity contribution in [3.05, 3.63) is 59.9 Å². The summed E-state index contributed by atoms with van der Waals surface area (Å²) in [4.78, 5) is 2.28. The lowest BCUT2D eigenvalue weighted by Gasteiger charge is -2.24. The van der Waals surface area contributed by atoms with Crippen molar-refractivity contribution in [3.63, 3.8) is 0 Å². The lowest BCUT2D eigenvalue weighted by atomic mass is 9.54. The van der Waals surface area contributed by atoms with E-state index >= 15 is 0 Å². The van der Waals surface area contributed by atoms with E-state index in [1.54, 1.807) is 0 Å². The van der Waals surface area contributed by atoms with Crippen LogP contribution in [0.1, 0.15) is 32.2 Å². The molecule has 0 N–H and O–H groups in total. The van der Waals surface area contributed by atoms with Gasteiger partial charge in [0.1, 0.15) is 0 Å². The molecule has 3 heteroatoms. The molecule has 0 amide bonds. The van der Waals surface area contributed by atoms with Crippen molar-refractivity contribution in [1.29, 1.82) is 0 Å². The maximum Gasteiger partial charge on any atom is 0.409 e. The Morgan fingerprint density at radius 3 is 2.76 bits per heavy atom. The standard InChI is InChI=1S/C18H22BN2/c1-14(2)16-9-11-20(4)18(13-16)21-12-10-15-7-5-6-8-17(15)19(21)3/h5-14H,1-4H3/q+1/i14D. The van der Waals surface area contributed by atoms with Gasteiger partial charge in [-0.25, -0.2) is 4.57 Å². The lowest BCUT2D eigenvalue weighted by molar-refractivity contribution is -0.658. The minimum atomic E-state index is -0.594. The smallest absolute Gasteiger partial charge is 0.293 e. The van der Waals surface area contributed by atoms with Crippen molar-refractivity contribution in [3.8, 4) is 0 Å². The SMILES string of the molecule is [2H]C(C)(C)c1cc[n+](C)c(N2C=Cc3ccccc3B2C)c1. The zero-order valence-electron chi connectivity index (χ0n) is 14.2. The van der Waals surface area contributed by atoms with Gasteiger partial charge >= 0.3 is 6.85 Å². The van der Waals surface area contributed by atoms with Crippen molar-refractivity contribution in [2.24, 2.45) is 7.05 Å². The Kier molecular flexibility index (Phi) is 3.26. The van der Waals surface area contributed by atoms with Gasteiger partial charge in [0.15, 0.2) is 0 Å².